The fourth-order valence-corrected chi connectivity index (χ4v) is 3.62. The Morgan fingerprint density at radius 2 is 2.07 bits per heavy atom. The van der Waals surface area contributed by atoms with Gasteiger partial charge >= 0.3 is 5.97 Å². The van der Waals surface area contributed by atoms with Crippen molar-refractivity contribution in [2.24, 2.45) is 0 Å². The molecule has 2 heterocycles. The van der Waals surface area contributed by atoms with Gasteiger partial charge in [0.25, 0.3) is 0 Å². The Bertz CT molecular complexity index is 1100. The zero-order valence-electron chi connectivity index (χ0n) is 15.9. The number of benzene rings is 2. The average molecular weight is 379 g/mol. The van der Waals surface area contributed by atoms with Crippen LogP contribution >= 0.6 is 0 Å². The van der Waals surface area contributed by atoms with Crippen LogP contribution < -0.4 is 10.1 Å². The third-order valence-electron chi connectivity index (χ3n) is 4.85. The Kier molecular flexibility index (Phi) is 4.43. The minimum Gasteiger partial charge on any atom is -0.504 e. The summed E-state index contributed by atoms with van der Waals surface area (Å²) in [5.41, 5.74) is 3.65. The molecule has 0 bridgehead atoms. The second-order valence-corrected chi connectivity index (χ2v) is 6.51. The van der Waals surface area contributed by atoms with E-state index >= 15 is 0 Å². The molecule has 7 nitrogen and oxygen atoms in total. The lowest BCUT2D eigenvalue weighted by molar-refractivity contribution is -0.139. The molecule has 0 aliphatic carbocycles. The van der Waals surface area contributed by atoms with Gasteiger partial charge in [-0.05, 0) is 43.7 Å². The molecule has 1 aliphatic heterocycles. The molecular formula is C21H21N3O4. The Hall–Kier alpha value is -3.48. The second kappa shape index (κ2) is 6.92. The predicted octanol–water partition coefficient (Wildman–Crippen LogP) is 3.60. The number of phenolic OH excluding ortho intramolecular Hbond substituents is 1. The third-order valence-corrected chi connectivity index (χ3v) is 4.85. The monoisotopic (exact) mass is 379 g/mol. The highest BCUT2D eigenvalue weighted by Gasteiger charge is 2.35. The molecule has 3 aromatic rings. The normalized spacial score (nSPS) is 15.9. The van der Waals surface area contributed by atoms with Crippen LogP contribution in [-0.2, 0) is 9.53 Å². The number of nitrogens with zero attached hydrogens (tertiary/aromatic N) is 2. The van der Waals surface area contributed by atoms with E-state index in [2.05, 4.69) is 10.3 Å². The van der Waals surface area contributed by atoms with Crippen molar-refractivity contribution in [3.63, 3.8) is 0 Å². The van der Waals surface area contributed by atoms with Crippen LogP contribution in [0.5, 0.6) is 11.5 Å². The lowest BCUT2D eigenvalue weighted by atomic mass is 9.94. The molecule has 2 aromatic carbocycles. The molecule has 0 saturated heterocycles. The van der Waals surface area contributed by atoms with Gasteiger partial charge in [0.2, 0.25) is 5.95 Å². The molecule has 1 atom stereocenters. The van der Waals surface area contributed by atoms with E-state index in [0.29, 0.717) is 23.0 Å². The first kappa shape index (κ1) is 17.9. The number of carbonyl (C=O) groups is 1. The molecule has 1 aliphatic rings. The molecular weight excluding hydrogens is 358 g/mol. The minimum absolute atomic E-state index is 0.0364. The highest BCUT2D eigenvalue weighted by molar-refractivity contribution is 5.94. The number of rotatable bonds is 4. The number of hydrogen-bond acceptors (Lipinski definition) is 6. The molecule has 0 saturated carbocycles. The zero-order valence-corrected chi connectivity index (χ0v) is 15.9. The van der Waals surface area contributed by atoms with Gasteiger partial charge in [0.1, 0.15) is 0 Å². The van der Waals surface area contributed by atoms with Crippen molar-refractivity contribution in [3.05, 3.63) is 59.3 Å². The SMILES string of the molecule is CCOC(=O)C1=C(C)Nc2nc3ccccc3n2[C@H]1c1ccc(O)c(OC)c1. The summed E-state index contributed by atoms with van der Waals surface area (Å²) in [4.78, 5) is 17.5. The van der Waals surface area contributed by atoms with Gasteiger partial charge in [-0.3, -0.25) is 4.57 Å². The topological polar surface area (TPSA) is 85.6 Å². The van der Waals surface area contributed by atoms with Gasteiger partial charge in [-0.2, -0.15) is 0 Å². The van der Waals surface area contributed by atoms with Crippen LogP contribution in [0.2, 0.25) is 0 Å². The summed E-state index contributed by atoms with van der Waals surface area (Å²) in [7, 11) is 1.49. The minimum atomic E-state index is -0.475. The molecule has 1 aromatic heterocycles. The number of nitrogens with one attached hydrogen (secondary N) is 1. The Morgan fingerprint density at radius 1 is 1.29 bits per heavy atom. The number of imidazole rings is 1. The fraction of sp³-hybridized carbons (Fsp3) is 0.238. The summed E-state index contributed by atoms with van der Waals surface area (Å²) in [6, 6.07) is 12.3. The largest absolute Gasteiger partial charge is 0.504 e. The van der Waals surface area contributed by atoms with E-state index in [1.165, 1.54) is 7.11 Å². The lowest BCUT2D eigenvalue weighted by Crippen LogP contribution is -2.29. The van der Waals surface area contributed by atoms with Gasteiger partial charge in [0.05, 0.1) is 36.4 Å². The molecule has 7 heteroatoms. The predicted molar refractivity (Wildman–Crippen MR) is 105 cm³/mol. The number of phenols is 1. The first-order chi connectivity index (χ1) is 13.5. The number of esters is 1. The number of ether oxygens (including phenoxy) is 2. The van der Waals surface area contributed by atoms with E-state index in [0.717, 1.165) is 16.6 Å². The van der Waals surface area contributed by atoms with E-state index in [-0.39, 0.29) is 12.4 Å². The van der Waals surface area contributed by atoms with Crippen LogP contribution in [0.3, 0.4) is 0 Å². The quantitative estimate of drug-likeness (QED) is 0.674. The molecule has 0 fully saturated rings. The number of carbonyl (C=O) groups excluding carboxylic acids is 1. The lowest BCUT2D eigenvalue weighted by Gasteiger charge is -2.30. The van der Waals surface area contributed by atoms with E-state index in [9.17, 15) is 9.90 Å². The zero-order chi connectivity index (χ0) is 19.8. The number of hydrogen-bond donors (Lipinski definition) is 2. The van der Waals surface area contributed by atoms with Crippen LogP contribution in [-0.4, -0.2) is 34.3 Å². The van der Waals surface area contributed by atoms with Crippen LogP contribution in [0.1, 0.15) is 25.5 Å². The number of aromatic hydroxyl groups is 1. The van der Waals surface area contributed by atoms with Gasteiger partial charge in [-0.15, -0.1) is 0 Å². The number of para-hydroxylation sites is 2. The number of anilines is 1. The number of allylic oxidation sites excluding steroid dienone is 1. The summed E-state index contributed by atoms with van der Waals surface area (Å²) < 4.78 is 12.6. The van der Waals surface area contributed by atoms with Crippen molar-refractivity contribution in [2.75, 3.05) is 19.0 Å². The Labute approximate surface area is 162 Å². The highest BCUT2D eigenvalue weighted by Crippen LogP contribution is 2.41. The van der Waals surface area contributed by atoms with Gasteiger partial charge in [0.15, 0.2) is 11.5 Å². The summed E-state index contributed by atoms with van der Waals surface area (Å²) in [5.74, 6) is 0.619. The standard InChI is InChI=1S/C21H21N3O4/c1-4-28-20(26)18-12(2)22-21-23-14-7-5-6-8-15(14)24(21)19(18)13-9-10-16(25)17(11-13)27-3/h5-11,19,25H,4H2,1-3H3,(H,22,23)/t19-/m0/s1. The van der Waals surface area contributed by atoms with Crippen LogP contribution in [0.15, 0.2) is 53.7 Å². The van der Waals surface area contributed by atoms with Crippen molar-refractivity contribution < 1.29 is 19.4 Å². The molecule has 4 rings (SSSR count). The van der Waals surface area contributed by atoms with Gasteiger partial charge in [-0.1, -0.05) is 18.2 Å². The maximum absolute atomic E-state index is 12.8. The second-order valence-electron chi connectivity index (χ2n) is 6.51. The maximum Gasteiger partial charge on any atom is 0.338 e. The number of fused-ring (bicyclic) bond motifs is 3. The summed E-state index contributed by atoms with van der Waals surface area (Å²) in [6.07, 6.45) is 0. The Balaban J connectivity index is 1.99. The molecule has 0 unspecified atom stereocenters. The van der Waals surface area contributed by atoms with Gasteiger partial charge < -0.3 is 19.9 Å². The highest BCUT2D eigenvalue weighted by atomic mass is 16.5. The number of aromatic nitrogens is 2. The summed E-state index contributed by atoms with van der Waals surface area (Å²) >= 11 is 0. The van der Waals surface area contributed by atoms with Gasteiger partial charge in [0, 0.05) is 5.70 Å². The summed E-state index contributed by atoms with van der Waals surface area (Å²) in [6.45, 7) is 3.89. The molecule has 0 amide bonds. The first-order valence-corrected chi connectivity index (χ1v) is 9.04. The summed E-state index contributed by atoms with van der Waals surface area (Å²) in [5, 5.41) is 13.2. The molecule has 28 heavy (non-hydrogen) atoms. The molecule has 0 radical (unpaired) electrons. The fourth-order valence-electron chi connectivity index (χ4n) is 3.62. The smallest absolute Gasteiger partial charge is 0.338 e. The van der Waals surface area contributed by atoms with E-state index in [4.69, 9.17) is 9.47 Å². The first-order valence-electron chi connectivity index (χ1n) is 9.04. The molecule has 0 spiro atoms. The Morgan fingerprint density at radius 3 is 2.82 bits per heavy atom. The number of methoxy groups -OCH3 is 1. The van der Waals surface area contributed by atoms with Crippen molar-refractivity contribution in [2.45, 2.75) is 19.9 Å². The van der Waals surface area contributed by atoms with E-state index < -0.39 is 12.0 Å². The van der Waals surface area contributed by atoms with Crippen LogP contribution in [0.4, 0.5) is 5.95 Å². The average Bonchev–Trinajstić information content (AvgIpc) is 3.05. The van der Waals surface area contributed by atoms with Crippen molar-refractivity contribution in [1.29, 1.82) is 0 Å². The third kappa shape index (κ3) is 2.76. The van der Waals surface area contributed by atoms with Crippen molar-refractivity contribution in [3.8, 4) is 11.5 Å². The maximum atomic E-state index is 12.8. The molecule has 144 valence electrons. The van der Waals surface area contributed by atoms with Crippen molar-refractivity contribution >= 4 is 23.0 Å². The van der Waals surface area contributed by atoms with Crippen LogP contribution in [0.25, 0.3) is 11.0 Å². The van der Waals surface area contributed by atoms with E-state index in [1.807, 2.05) is 35.8 Å². The van der Waals surface area contributed by atoms with Crippen LogP contribution in [0, 0.1) is 0 Å². The van der Waals surface area contributed by atoms with E-state index in [1.54, 1.807) is 25.1 Å². The molecule has 2 N–H and O–H groups in total. The van der Waals surface area contributed by atoms with Gasteiger partial charge in [-0.25, -0.2) is 9.78 Å². The van der Waals surface area contributed by atoms with Crippen molar-refractivity contribution in [1.82, 2.24) is 9.55 Å².